The average molecular weight is 571 g/mol. The standard InChI is InChI=1S/C36H42O4S/c1-5-33(41)32(38)12-8-7-11-27-21-29(18-24(3)34(27)39)36(15-9-6-10-16-36)30-19-25(4)35(40)28(22-30)20-26-13-14-31(37)23(2)17-26/h5,8,12-14,17-19,21-22,37-41H,1,6-7,9-11,15-16,20H2,2-4H3/b12-8-,33-32-. The number of aliphatic hydroxyl groups is 1. The fourth-order valence-electron chi connectivity index (χ4n) is 6.15. The van der Waals surface area contributed by atoms with Gasteiger partial charge < -0.3 is 20.4 Å². The summed E-state index contributed by atoms with van der Waals surface area (Å²) in [6.07, 6.45) is 12.3. The fourth-order valence-corrected chi connectivity index (χ4v) is 6.23. The summed E-state index contributed by atoms with van der Waals surface area (Å²) in [5.41, 5.74) is 7.53. The third kappa shape index (κ3) is 6.68. The van der Waals surface area contributed by atoms with Crippen LogP contribution < -0.4 is 0 Å². The Morgan fingerprint density at radius 1 is 0.854 bits per heavy atom. The molecule has 0 atom stereocenters. The van der Waals surface area contributed by atoms with Crippen molar-refractivity contribution in [1.82, 2.24) is 0 Å². The number of thiol groups is 1. The highest BCUT2D eigenvalue weighted by molar-refractivity contribution is 7.84. The van der Waals surface area contributed by atoms with Crippen LogP contribution in [-0.4, -0.2) is 20.4 Å². The minimum Gasteiger partial charge on any atom is -0.508 e. The lowest BCUT2D eigenvalue weighted by molar-refractivity contribution is 0.344. The van der Waals surface area contributed by atoms with Gasteiger partial charge in [0.15, 0.2) is 0 Å². The second-order valence-electron chi connectivity index (χ2n) is 11.5. The van der Waals surface area contributed by atoms with E-state index in [1.165, 1.54) is 23.6 Å². The third-order valence-corrected chi connectivity index (χ3v) is 8.95. The van der Waals surface area contributed by atoms with E-state index >= 15 is 0 Å². The maximum atomic E-state index is 11.1. The van der Waals surface area contributed by atoms with Crippen molar-refractivity contribution in [2.75, 3.05) is 0 Å². The molecule has 3 aromatic carbocycles. The summed E-state index contributed by atoms with van der Waals surface area (Å²) in [7, 11) is 0. The van der Waals surface area contributed by atoms with Crippen molar-refractivity contribution in [2.45, 2.75) is 77.6 Å². The van der Waals surface area contributed by atoms with Crippen molar-refractivity contribution in [3.05, 3.63) is 122 Å². The first-order valence-electron chi connectivity index (χ1n) is 14.4. The first-order valence-corrected chi connectivity index (χ1v) is 14.9. The van der Waals surface area contributed by atoms with Crippen LogP contribution in [0.2, 0.25) is 0 Å². The highest BCUT2D eigenvalue weighted by atomic mass is 32.1. The maximum absolute atomic E-state index is 11.1. The molecular formula is C36H42O4S. The summed E-state index contributed by atoms with van der Waals surface area (Å²) in [6, 6.07) is 14.2. The second kappa shape index (κ2) is 12.9. The van der Waals surface area contributed by atoms with Crippen molar-refractivity contribution < 1.29 is 20.4 Å². The Morgan fingerprint density at radius 2 is 1.46 bits per heavy atom. The summed E-state index contributed by atoms with van der Waals surface area (Å²) >= 11 is 4.19. The zero-order valence-electron chi connectivity index (χ0n) is 24.4. The van der Waals surface area contributed by atoms with Crippen LogP contribution in [0.3, 0.4) is 0 Å². The summed E-state index contributed by atoms with van der Waals surface area (Å²) in [6.45, 7) is 9.43. The molecule has 3 aromatic rings. The van der Waals surface area contributed by atoms with E-state index < -0.39 is 0 Å². The third-order valence-electron chi connectivity index (χ3n) is 8.54. The van der Waals surface area contributed by atoms with Crippen LogP contribution in [0.5, 0.6) is 17.2 Å². The van der Waals surface area contributed by atoms with E-state index in [4.69, 9.17) is 0 Å². The molecule has 41 heavy (non-hydrogen) atoms. The van der Waals surface area contributed by atoms with Crippen LogP contribution >= 0.6 is 12.6 Å². The average Bonchev–Trinajstić information content (AvgIpc) is 2.97. The maximum Gasteiger partial charge on any atom is 0.128 e. The Labute approximate surface area is 249 Å². The quantitative estimate of drug-likeness (QED) is 0.101. The van der Waals surface area contributed by atoms with Crippen molar-refractivity contribution in [3.63, 3.8) is 0 Å². The molecule has 0 amide bonds. The van der Waals surface area contributed by atoms with E-state index in [0.717, 1.165) is 59.1 Å². The van der Waals surface area contributed by atoms with Gasteiger partial charge in [-0.1, -0.05) is 74.4 Å². The fraction of sp³-hybridized carbons (Fsp3) is 0.333. The van der Waals surface area contributed by atoms with Gasteiger partial charge in [-0.25, -0.2) is 0 Å². The monoisotopic (exact) mass is 570 g/mol. The van der Waals surface area contributed by atoms with Crippen LogP contribution in [0, 0.1) is 20.8 Å². The molecule has 1 fully saturated rings. The molecule has 0 unspecified atom stereocenters. The van der Waals surface area contributed by atoms with Crippen LogP contribution in [0.25, 0.3) is 0 Å². The molecule has 4 N–H and O–H groups in total. The van der Waals surface area contributed by atoms with Gasteiger partial charge in [-0.05, 0) is 103 Å². The molecule has 0 saturated heterocycles. The Morgan fingerprint density at radius 3 is 2.07 bits per heavy atom. The van der Waals surface area contributed by atoms with Crippen molar-refractivity contribution in [1.29, 1.82) is 0 Å². The van der Waals surface area contributed by atoms with Crippen molar-refractivity contribution in [2.24, 2.45) is 0 Å². The molecule has 0 heterocycles. The first kappa shape index (κ1) is 30.4. The van der Waals surface area contributed by atoms with Crippen LogP contribution in [-0.2, 0) is 18.3 Å². The number of aromatic hydroxyl groups is 3. The summed E-state index contributed by atoms with van der Waals surface area (Å²) < 4.78 is 0. The predicted molar refractivity (Wildman–Crippen MR) is 172 cm³/mol. The number of rotatable bonds is 9. The van der Waals surface area contributed by atoms with Gasteiger partial charge in [-0.2, -0.15) is 0 Å². The minimum absolute atomic E-state index is 0.0691. The number of hydrogen-bond acceptors (Lipinski definition) is 5. The van der Waals surface area contributed by atoms with E-state index in [1.807, 2.05) is 39.0 Å². The van der Waals surface area contributed by atoms with Crippen molar-refractivity contribution >= 4 is 12.6 Å². The molecule has 0 aliphatic heterocycles. The lowest BCUT2D eigenvalue weighted by Gasteiger charge is -2.40. The molecule has 1 saturated carbocycles. The van der Waals surface area contributed by atoms with Gasteiger partial charge >= 0.3 is 0 Å². The lowest BCUT2D eigenvalue weighted by atomic mass is 9.64. The summed E-state index contributed by atoms with van der Waals surface area (Å²) in [5, 5.41) is 42.1. The van der Waals surface area contributed by atoms with Gasteiger partial charge in [0.1, 0.15) is 23.0 Å². The molecular weight excluding hydrogens is 528 g/mol. The number of allylic oxidation sites excluding steroid dienone is 3. The van der Waals surface area contributed by atoms with Gasteiger partial charge in [0.05, 0.1) is 0 Å². The van der Waals surface area contributed by atoms with E-state index in [9.17, 15) is 20.4 Å². The highest BCUT2D eigenvalue weighted by Crippen LogP contribution is 2.48. The van der Waals surface area contributed by atoms with Gasteiger partial charge in [0.25, 0.3) is 0 Å². The number of aryl methyl sites for hydroxylation is 4. The molecule has 5 heteroatoms. The van der Waals surface area contributed by atoms with E-state index in [2.05, 4.69) is 43.5 Å². The van der Waals surface area contributed by atoms with Gasteiger partial charge in [0.2, 0.25) is 0 Å². The van der Waals surface area contributed by atoms with E-state index in [-0.39, 0.29) is 16.9 Å². The van der Waals surface area contributed by atoms with Crippen LogP contribution in [0.1, 0.15) is 83.0 Å². The van der Waals surface area contributed by atoms with E-state index in [1.54, 1.807) is 12.1 Å². The molecule has 0 aromatic heterocycles. The second-order valence-corrected chi connectivity index (χ2v) is 11.9. The summed E-state index contributed by atoms with van der Waals surface area (Å²) in [4.78, 5) is 0.422. The zero-order chi connectivity index (χ0) is 29.7. The lowest BCUT2D eigenvalue weighted by Crippen LogP contribution is -2.31. The number of benzene rings is 3. The number of hydrogen-bond donors (Lipinski definition) is 5. The number of phenolic OH excluding ortho intramolecular Hbond substituents is 3. The Hall–Kier alpha value is -3.57. The normalized spacial score (nSPS) is 15.6. The number of aliphatic hydroxyl groups excluding tert-OH is 1. The zero-order valence-corrected chi connectivity index (χ0v) is 25.3. The number of phenols is 3. The molecule has 4 nitrogen and oxygen atoms in total. The van der Waals surface area contributed by atoms with Gasteiger partial charge in [-0.3, -0.25) is 0 Å². The molecule has 216 valence electrons. The topological polar surface area (TPSA) is 80.9 Å². The molecule has 0 bridgehead atoms. The van der Waals surface area contributed by atoms with Gasteiger partial charge in [0, 0.05) is 16.7 Å². The van der Waals surface area contributed by atoms with Crippen LogP contribution in [0.4, 0.5) is 0 Å². The molecule has 4 rings (SSSR count). The molecule has 0 spiro atoms. The van der Waals surface area contributed by atoms with Gasteiger partial charge in [-0.15, -0.1) is 12.6 Å². The smallest absolute Gasteiger partial charge is 0.128 e. The van der Waals surface area contributed by atoms with E-state index in [0.29, 0.717) is 35.7 Å². The molecule has 1 aliphatic rings. The predicted octanol–water partition coefficient (Wildman–Crippen LogP) is 8.94. The largest absolute Gasteiger partial charge is 0.508 e. The first-order chi connectivity index (χ1) is 19.6. The SMILES string of the molecule is C=C/C(S)=C(O)\C=C/CCc1cc(C2(c3cc(C)c(O)c(Cc4ccc(O)c(C)c4)c3)CCCCC2)cc(C)c1O. The Bertz CT molecular complexity index is 1490. The Kier molecular flexibility index (Phi) is 9.60. The summed E-state index contributed by atoms with van der Waals surface area (Å²) in [5.74, 6) is 0.978. The molecule has 1 aliphatic carbocycles. The Balaban J connectivity index is 1.74. The van der Waals surface area contributed by atoms with Crippen LogP contribution in [0.15, 0.2) is 77.9 Å². The highest BCUT2D eigenvalue weighted by Gasteiger charge is 2.37. The van der Waals surface area contributed by atoms with Crippen molar-refractivity contribution in [3.8, 4) is 17.2 Å². The minimum atomic E-state index is -0.217. The molecule has 0 radical (unpaired) electrons.